The molecule has 0 bridgehead atoms. The molecular weight excluding hydrogens is 182 g/mol. The molecular formula is C11H14ClN. The molecule has 13 heavy (non-hydrogen) atoms. The SMILES string of the molecule is CNC1CCCc2c(Cl)cccc21. The van der Waals surface area contributed by atoms with Gasteiger partial charge in [0, 0.05) is 11.1 Å². The summed E-state index contributed by atoms with van der Waals surface area (Å²) >= 11 is 6.14. The minimum absolute atomic E-state index is 0.502. The molecule has 0 aromatic heterocycles. The van der Waals surface area contributed by atoms with Crippen LogP contribution in [0.3, 0.4) is 0 Å². The van der Waals surface area contributed by atoms with Crippen molar-refractivity contribution >= 4 is 11.6 Å². The zero-order valence-corrected chi connectivity index (χ0v) is 8.56. The molecule has 2 heteroatoms. The molecule has 0 saturated carbocycles. The van der Waals surface area contributed by atoms with E-state index in [4.69, 9.17) is 11.6 Å². The summed E-state index contributed by atoms with van der Waals surface area (Å²) in [6.07, 6.45) is 3.60. The Bertz CT molecular complexity index is 309. The molecule has 0 aliphatic heterocycles. The second-order valence-corrected chi connectivity index (χ2v) is 3.95. The Labute approximate surface area is 84.1 Å². The topological polar surface area (TPSA) is 12.0 Å². The van der Waals surface area contributed by atoms with Crippen LogP contribution in [0.15, 0.2) is 18.2 Å². The Morgan fingerprint density at radius 2 is 2.31 bits per heavy atom. The number of rotatable bonds is 1. The van der Waals surface area contributed by atoms with Gasteiger partial charge in [-0.2, -0.15) is 0 Å². The van der Waals surface area contributed by atoms with Crippen LogP contribution >= 0.6 is 11.6 Å². The number of fused-ring (bicyclic) bond motifs is 1. The molecule has 1 unspecified atom stereocenters. The van der Waals surface area contributed by atoms with Crippen LogP contribution in [0.25, 0.3) is 0 Å². The predicted octanol–water partition coefficient (Wildman–Crippen LogP) is 2.94. The molecule has 2 rings (SSSR count). The zero-order valence-electron chi connectivity index (χ0n) is 7.81. The van der Waals surface area contributed by atoms with E-state index in [1.807, 2.05) is 19.2 Å². The molecule has 1 nitrogen and oxygen atoms in total. The van der Waals surface area contributed by atoms with Crippen molar-refractivity contribution in [1.82, 2.24) is 5.32 Å². The molecule has 0 radical (unpaired) electrons. The summed E-state index contributed by atoms with van der Waals surface area (Å²) in [5.41, 5.74) is 2.73. The lowest BCUT2D eigenvalue weighted by Gasteiger charge is -2.25. The second kappa shape index (κ2) is 3.69. The molecule has 1 aromatic carbocycles. The van der Waals surface area contributed by atoms with Gasteiger partial charge in [0.15, 0.2) is 0 Å². The van der Waals surface area contributed by atoms with Gasteiger partial charge in [0.25, 0.3) is 0 Å². The number of benzene rings is 1. The fourth-order valence-corrected chi connectivity index (χ4v) is 2.38. The maximum atomic E-state index is 6.14. The van der Waals surface area contributed by atoms with Crippen LogP contribution in [0.5, 0.6) is 0 Å². The number of hydrogen-bond acceptors (Lipinski definition) is 1. The van der Waals surface area contributed by atoms with Crippen molar-refractivity contribution in [3.8, 4) is 0 Å². The van der Waals surface area contributed by atoms with Crippen molar-refractivity contribution < 1.29 is 0 Å². The predicted molar refractivity (Wildman–Crippen MR) is 56.2 cm³/mol. The Kier molecular flexibility index (Phi) is 2.56. The minimum atomic E-state index is 0.502. The molecule has 1 aliphatic rings. The minimum Gasteiger partial charge on any atom is -0.313 e. The average Bonchev–Trinajstić information content (AvgIpc) is 2.18. The molecule has 1 N–H and O–H groups in total. The van der Waals surface area contributed by atoms with Crippen LogP contribution in [0.4, 0.5) is 0 Å². The monoisotopic (exact) mass is 195 g/mol. The highest BCUT2D eigenvalue weighted by Gasteiger charge is 2.19. The van der Waals surface area contributed by atoms with Crippen LogP contribution in [0.2, 0.25) is 5.02 Å². The summed E-state index contributed by atoms with van der Waals surface area (Å²) in [6, 6.07) is 6.71. The summed E-state index contributed by atoms with van der Waals surface area (Å²) in [7, 11) is 2.01. The molecule has 0 saturated heterocycles. The van der Waals surface area contributed by atoms with E-state index in [1.54, 1.807) is 0 Å². The molecule has 0 spiro atoms. The third kappa shape index (κ3) is 1.59. The molecule has 0 heterocycles. The summed E-state index contributed by atoms with van der Waals surface area (Å²) < 4.78 is 0. The lowest BCUT2D eigenvalue weighted by Crippen LogP contribution is -2.21. The number of hydrogen-bond donors (Lipinski definition) is 1. The highest BCUT2D eigenvalue weighted by atomic mass is 35.5. The lowest BCUT2D eigenvalue weighted by atomic mass is 9.88. The summed E-state index contributed by atoms with van der Waals surface area (Å²) in [5.74, 6) is 0. The van der Waals surface area contributed by atoms with Gasteiger partial charge in [-0.3, -0.25) is 0 Å². The lowest BCUT2D eigenvalue weighted by molar-refractivity contribution is 0.496. The Morgan fingerprint density at radius 1 is 1.46 bits per heavy atom. The van der Waals surface area contributed by atoms with Gasteiger partial charge in [-0.05, 0) is 43.5 Å². The molecule has 70 valence electrons. The maximum absolute atomic E-state index is 6.14. The van der Waals surface area contributed by atoms with Gasteiger partial charge in [0.05, 0.1) is 0 Å². The molecule has 1 atom stereocenters. The zero-order chi connectivity index (χ0) is 9.26. The van der Waals surface area contributed by atoms with Gasteiger partial charge in [-0.1, -0.05) is 23.7 Å². The normalized spacial score (nSPS) is 21.2. The smallest absolute Gasteiger partial charge is 0.0441 e. The van der Waals surface area contributed by atoms with Crippen molar-refractivity contribution in [3.63, 3.8) is 0 Å². The van der Waals surface area contributed by atoms with E-state index < -0.39 is 0 Å². The molecule has 0 amide bonds. The summed E-state index contributed by atoms with van der Waals surface area (Å²) in [6.45, 7) is 0. The van der Waals surface area contributed by atoms with Crippen LogP contribution in [-0.4, -0.2) is 7.05 Å². The second-order valence-electron chi connectivity index (χ2n) is 3.54. The van der Waals surface area contributed by atoms with E-state index in [2.05, 4.69) is 11.4 Å². The fourth-order valence-electron chi connectivity index (χ4n) is 2.10. The van der Waals surface area contributed by atoms with Crippen LogP contribution in [0, 0.1) is 0 Å². The molecule has 1 aliphatic carbocycles. The Hall–Kier alpha value is -0.530. The van der Waals surface area contributed by atoms with Crippen molar-refractivity contribution in [2.45, 2.75) is 25.3 Å². The average molecular weight is 196 g/mol. The molecule has 1 aromatic rings. The van der Waals surface area contributed by atoms with E-state index in [9.17, 15) is 0 Å². The van der Waals surface area contributed by atoms with Gasteiger partial charge >= 0.3 is 0 Å². The van der Waals surface area contributed by atoms with Crippen molar-refractivity contribution in [2.75, 3.05) is 7.05 Å². The first-order valence-corrected chi connectivity index (χ1v) is 5.15. The van der Waals surface area contributed by atoms with Crippen LogP contribution in [-0.2, 0) is 6.42 Å². The molecule has 0 fully saturated rings. The van der Waals surface area contributed by atoms with Gasteiger partial charge in [-0.25, -0.2) is 0 Å². The van der Waals surface area contributed by atoms with Gasteiger partial charge in [0.2, 0.25) is 0 Å². The standard InChI is InChI=1S/C11H14ClN/c1-13-11-7-3-4-8-9(11)5-2-6-10(8)12/h2,5-6,11,13H,3-4,7H2,1H3. The number of nitrogens with one attached hydrogen (secondary N) is 1. The van der Waals surface area contributed by atoms with Crippen molar-refractivity contribution in [1.29, 1.82) is 0 Å². The van der Waals surface area contributed by atoms with E-state index in [0.717, 1.165) is 11.4 Å². The number of halogens is 1. The third-order valence-corrected chi connectivity index (χ3v) is 3.15. The van der Waals surface area contributed by atoms with Crippen molar-refractivity contribution in [3.05, 3.63) is 34.3 Å². The van der Waals surface area contributed by atoms with Crippen LogP contribution < -0.4 is 5.32 Å². The first-order chi connectivity index (χ1) is 6.33. The van der Waals surface area contributed by atoms with Gasteiger partial charge < -0.3 is 5.32 Å². The van der Waals surface area contributed by atoms with Gasteiger partial charge in [0.1, 0.15) is 0 Å². The van der Waals surface area contributed by atoms with Gasteiger partial charge in [-0.15, -0.1) is 0 Å². The highest BCUT2D eigenvalue weighted by Crippen LogP contribution is 2.33. The maximum Gasteiger partial charge on any atom is 0.0441 e. The van der Waals surface area contributed by atoms with Crippen molar-refractivity contribution in [2.24, 2.45) is 0 Å². The Balaban J connectivity index is 2.45. The quantitative estimate of drug-likeness (QED) is 0.727. The Morgan fingerprint density at radius 3 is 3.08 bits per heavy atom. The first-order valence-electron chi connectivity index (χ1n) is 4.77. The largest absolute Gasteiger partial charge is 0.313 e. The first kappa shape index (κ1) is 9.04. The summed E-state index contributed by atoms with van der Waals surface area (Å²) in [4.78, 5) is 0. The van der Waals surface area contributed by atoms with E-state index in [1.165, 1.54) is 24.0 Å². The third-order valence-electron chi connectivity index (χ3n) is 2.80. The van der Waals surface area contributed by atoms with E-state index in [-0.39, 0.29) is 0 Å². The van der Waals surface area contributed by atoms with E-state index >= 15 is 0 Å². The fraction of sp³-hybridized carbons (Fsp3) is 0.455. The highest BCUT2D eigenvalue weighted by molar-refractivity contribution is 6.31. The van der Waals surface area contributed by atoms with E-state index in [0.29, 0.717) is 6.04 Å². The summed E-state index contributed by atoms with van der Waals surface area (Å²) in [5, 5.41) is 4.26. The van der Waals surface area contributed by atoms with Crippen LogP contribution in [0.1, 0.15) is 30.0 Å².